The first-order chi connectivity index (χ1) is 12.0. The Hall–Kier alpha value is -1.66. The quantitative estimate of drug-likeness (QED) is 0.619. The zero-order valence-corrected chi connectivity index (χ0v) is 16.0. The lowest BCUT2D eigenvalue weighted by Gasteiger charge is -2.33. The van der Waals surface area contributed by atoms with Crippen molar-refractivity contribution in [2.45, 2.75) is 37.7 Å². The van der Waals surface area contributed by atoms with E-state index in [-0.39, 0.29) is 17.0 Å². The Kier molecular flexibility index (Phi) is 4.20. The predicted molar refractivity (Wildman–Crippen MR) is 101 cm³/mol. The molecule has 0 aromatic heterocycles. The van der Waals surface area contributed by atoms with E-state index in [1.807, 2.05) is 6.92 Å². The molecular weight excluding hydrogens is 382 g/mol. The minimum absolute atomic E-state index is 0.0533. The fraction of sp³-hybridized carbons (Fsp3) is 0.474. The molecule has 1 N–H and O–H groups in total. The average Bonchev–Trinajstić information content (AvgIpc) is 3.34. The predicted octanol–water partition coefficient (Wildman–Crippen LogP) is 3.04. The van der Waals surface area contributed by atoms with Crippen LogP contribution in [0.1, 0.15) is 30.9 Å². The Morgan fingerprint density at radius 2 is 2.28 bits per heavy atom. The van der Waals surface area contributed by atoms with Gasteiger partial charge in [0.05, 0.1) is 22.8 Å². The molecule has 2 atom stereocenters. The van der Waals surface area contributed by atoms with E-state index in [9.17, 15) is 4.79 Å². The molecule has 0 amide bonds. The van der Waals surface area contributed by atoms with E-state index in [0.717, 1.165) is 36.4 Å². The number of hydrogen-bond acceptors (Lipinski definition) is 5. The SMILES string of the molecule is CCOC(=O)C1(C2=NC3C(Br)CNN3C(c3cccc(C)c3)=C2)CC1. The highest BCUT2D eigenvalue weighted by Gasteiger charge is 2.56. The minimum Gasteiger partial charge on any atom is -0.465 e. The number of halogens is 1. The molecule has 1 saturated carbocycles. The van der Waals surface area contributed by atoms with Crippen molar-refractivity contribution >= 4 is 33.3 Å². The van der Waals surface area contributed by atoms with Gasteiger partial charge in [0.15, 0.2) is 0 Å². The molecule has 0 bridgehead atoms. The summed E-state index contributed by atoms with van der Waals surface area (Å²) in [4.78, 5) is 17.6. The molecule has 3 aliphatic rings. The summed E-state index contributed by atoms with van der Waals surface area (Å²) in [7, 11) is 0. The summed E-state index contributed by atoms with van der Waals surface area (Å²) in [5.41, 5.74) is 7.13. The monoisotopic (exact) mass is 403 g/mol. The summed E-state index contributed by atoms with van der Waals surface area (Å²) in [6, 6.07) is 8.42. The van der Waals surface area contributed by atoms with Crippen LogP contribution in [0.25, 0.3) is 5.70 Å². The van der Waals surface area contributed by atoms with Gasteiger partial charge in [-0.25, -0.2) is 5.43 Å². The molecule has 5 nitrogen and oxygen atoms in total. The van der Waals surface area contributed by atoms with Gasteiger partial charge in [-0.15, -0.1) is 0 Å². The number of benzene rings is 1. The first-order valence-corrected chi connectivity index (χ1v) is 9.68. The zero-order chi connectivity index (χ0) is 17.6. The number of fused-ring (bicyclic) bond motifs is 1. The van der Waals surface area contributed by atoms with Crippen LogP contribution >= 0.6 is 15.9 Å². The topological polar surface area (TPSA) is 53.9 Å². The molecule has 2 aliphatic heterocycles. The van der Waals surface area contributed by atoms with Crippen LogP contribution in [0.5, 0.6) is 0 Å². The van der Waals surface area contributed by atoms with Gasteiger partial charge in [0.25, 0.3) is 0 Å². The third-order valence-corrected chi connectivity index (χ3v) is 5.87. The number of alkyl halides is 1. The van der Waals surface area contributed by atoms with Crippen LogP contribution in [0.2, 0.25) is 0 Å². The highest BCUT2D eigenvalue weighted by atomic mass is 79.9. The van der Waals surface area contributed by atoms with Crippen molar-refractivity contribution in [3.8, 4) is 0 Å². The van der Waals surface area contributed by atoms with Crippen LogP contribution in [0.15, 0.2) is 35.3 Å². The van der Waals surface area contributed by atoms with Crippen molar-refractivity contribution in [1.29, 1.82) is 0 Å². The number of carbonyl (C=O) groups is 1. The van der Waals surface area contributed by atoms with Gasteiger partial charge in [0.1, 0.15) is 11.6 Å². The Bertz CT molecular complexity index is 770. The fourth-order valence-corrected chi connectivity index (χ4v) is 4.04. The number of rotatable bonds is 4. The Balaban J connectivity index is 1.76. The van der Waals surface area contributed by atoms with E-state index in [2.05, 4.69) is 63.6 Å². The molecule has 0 radical (unpaired) electrons. The number of esters is 1. The highest BCUT2D eigenvalue weighted by molar-refractivity contribution is 9.09. The number of allylic oxidation sites excluding steroid dienone is 1. The molecule has 2 heterocycles. The van der Waals surface area contributed by atoms with Crippen LogP contribution in [0, 0.1) is 12.3 Å². The first kappa shape index (κ1) is 16.8. The molecule has 1 aliphatic carbocycles. The largest absolute Gasteiger partial charge is 0.465 e. The zero-order valence-electron chi connectivity index (χ0n) is 14.5. The maximum atomic E-state index is 12.5. The van der Waals surface area contributed by atoms with E-state index in [0.29, 0.717) is 6.61 Å². The fourth-order valence-electron chi connectivity index (χ4n) is 3.54. The van der Waals surface area contributed by atoms with Crippen molar-refractivity contribution in [2.75, 3.05) is 13.2 Å². The van der Waals surface area contributed by atoms with Gasteiger partial charge in [-0.3, -0.25) is 14.8 Å². The molecule has 6 heteroatoms. The van der Waals surface area contributed by atoms with Gasteiger partial charge < -0.3 is 4.74 Å². The van der Waals surface area contributed by atoms with Gasteiger partial charge >= 0.3 is 5.97 Å². The lowest BCUT2D eigenvalue weighted by molar-refractivity contribution is -0.146. The van der Waals surface area contributed by atoms with Crippen LogP contribution in [0.4, 0.5) is 0 Å². The Labute approximate surface area is 156 Å². The van der Waals surface area contributed by atoms with E-state index in [1.54, 1.807) is 0 Å². The number of hydrogen-bond donors (Lipinski definition) is 1. The minimum atomic E-state index is -0.549. The molecule has 2 fully saturated rings. The Morgan fingerprint density at radius 3 is 2.96 bits per heavy atom. The van der Waals surface area contributed by atoms with Crippen LogP contribution in [-0.2, 0) is 9.53 Å². The van der Waals surface area contributed by atoms with Crippen LogP contribution in [-0.4, -0.2) is 40.8 Å². The second-order valence-corrected chi connectivity index (χ2v) is 8.05. The average molecular weight is 404 g/mol. The van der Waals surface area contributed by atoms with Crippen molar-refractivity contribution in [3.05, 3.63) is 41.5 Å². The van der Waals surface area contributed by atoms with Gasteiger partial charge in [-0.1, -0.05) is 39.7 Å². The summed E-state index contributed by atoms with van der Waals surface area (Å²) < 4.78 is 5.33. The molecule has 1 saturated heterocycles. The lowest BCUT2D eigenvalue weighted by atomic mass is 9.95. The second-order valence-electron chi connectivity index (χ2n) is 6.88. The third kappa shape index (κ3) is 2.81. The van der Waals surface area contributed by atoms with Gasteiger partial charge in [0.2, 0.25) is 0 Å². The highest BCUT2D eigenvalue weighted by Crippen LogP contribution is 2.50. The van der Waals surface area contributed by atoms with E-state index >= 15 is 0 Å². The molecule has 132 valence electrons. The number of nitrogens with one attached hydrogen (secondary N) is 1. The molecule has 2 unspecified atom stereocenters. The van der Waals surface area contributed by atoms with Gasteiger partial charge in [0, 0.05) is 6.54 Å². The van der Waals surface area contributed by atoms with Gasteiger partial charge in [-0.05, 0) is 44.4 Å². The number of carbonyl (C=O) groups excluding carboxylic acids is 1. The first-order valence-electron chi connectivity index (χ1n) is 8.76. The molecule has 25 heavy (non-hydrogen) atoms. The number of aliphatic imine (C=N–C) groups is 1. The smallest absolute Gasteiger partial charge is 0.318 e. The maximum absolute atomic E-state index is 12.5. The summed E-state index contributed by atoms with van der Waals surface area (Å²) in [5.74, 6) is -0.140. The van der Waals surface area contributed by atoms with Crippen molar-refractivity contribution in [2.24, 2.45) is 10.4 Å². The van der Waals surface area contributed by atoms with E-state index in [1.165, 1.54) is 5.56 Å². The van der Waals surface area contributed by atoms with Gasteiger partial charge in [-0.2, -0.15) is 0 Å². The van der Waals surface area contributed by atoms with E-state index < -0.39 is 5.41 Å². The molecule has 4 rings (SSSR count). The van der Waals surface area contributed by atoms with Crippen LogP contribution < -0.4 is 5.43 Å². The van der Waals surface area contributed by atoms with Crippen LogP contribution in [0.3, 0.4) is 0 Å². The molecular formula is C19H22BrN3O2. The number of hydrazine groups is 1. The molecule has 0 spiro atoms. The summed E-state index contributed by atoms with van der Waals surface area (Å²) in [6.07, 6.45) is 3.64. The standard InChI is InChI=1S/C19H22BrN3O2/c1-3-25-18(24)19(7-8-19)16-10-15(13-6-4-5-12(2)9-13)23-17(22-16)14(20)11-21-23/h4-6,9-10,14,17,21H,3,7-8,11H2,1-2H3. The molecule has 1 aromatic carbocycles. The molecule has 1 aromatic rings. The van der Waals surface area contributed by atoms with Crippen molar-refractivity contribution in [1.82, 2.24) is 10.4 Å². The summed E-state index contributed by atoms with van der Waals surface area (Å²) in [5, 5.41) is 2.11. The lowest BCUT2D eigenvalue weighted by Crippen LogP contribution is -2.41. The maximum Gasteiger partial charge on any atom is 0.318 e. The number of aryl methyl sites for hydroxylation is 1. The summed E-state index contributed by atoms with van der Waals surface area (Å²) in [6.45, 7) is 5.14. The van der Waals surface area contributed by atoms with Crippen molar-refractivity contribution < 1.29 is 9.53 Å². The van der Waals surface area contributed by atoms with E-state index in [4.69, 9.17) is 9.73 Å². The number of nitrogens with zero attached hydrogens (tertiary/aromatic N) is 2. The third-order valence-electron chi connectivity index (χ3n) is 5.07. The Morgan fingerprint density at radius 1 is 1.48 bits per heavy atom. The van der Waals surface area contributed by atoms with Crippen molar-refractivity contribution in [3.63, 3.8) is 0 Å². The second kappa shape index (κ2) is 6.25. The number of ether oxygens (including phenoxy) is 1. The normalized spacial score (nSPS) is 26.6. The summed E-state index contributed by atoms with van der Waals surface area (Å²) >= 11 is 3.72.